The van der Waals surface area contributed by atoms with E-state index >= 15 is 0 Å². The van der Waals surface area contributed by atoms with Gasteiger partial charge >= 0.3 is 0 Å². The van der Waals surface area contributed by atoms with Gasteiger partial charge in [-0.2, -0.15) is 5.26 Å². The number of ether oxygens (including phenoxy) is 1. The van der Waals surface area contributed by atoms with E-state index in [4.69, 9.17) is 10.00 Å². The van der Waals surface area contributed by atoms with Crippen molar-refractivity contribution < 1.29 is 13.2 Å². The Balaban J connectivity index is 1.24. The number of aryl methyl sites for hydroxylation is 1. The number of sulfonamides is 1. The van der Waals surface area contributed by atoms with E-state index < -0.39 is 10.0 Å². The number of rotatable bonds is 3. The predicted molar refractivity (Wildman–Crippen MR) is 125 cm³/mol. The van der Waals surface area contributed by atoms with Crippen molar-refractivity contribution in [1.29, 1.82) is 5.26 Å². The van der Waals surface area contributed by atoms with Crippen molar-refractivity contribution in [2.45, 2.75) is 43.7 Å². The number of likely N-dealkylation sites (tertiary alicyclic amines) is 1. The fourth-order valence-corrected chi connectivity index (χ4v) is 5.75. The summed E-state index contributed by atoms with van der Waals surface area (Å²) in [6.45, 7) is 1.98. The molecule has 32 heavy (non-hydrogen) atoms. The highest BCUT2D eigenvalue weighted by Crippen LogP contribution is 2.39. The Kier molecular flexibility index (Phi) is 5.23. The Labute approximate surface area is 189 Å². The first kappa shape index (κ1) is 21.0. The zero-order chi connectivity index (χ0) is 22.3. The van der Waals surface area contributed by atoms with E-state index in [9.17, 15) is 8.42 Å². The second-order valence-electron chi connectivity index (χ2n) is 9.15. The fraction of sp³-hybridized carbons (Fsp3) is 0.400. The Morgan fingerprint density at radius 3 is 2.72 bits per heavy atom. The first-order valence-electron chi connectivity index (χ1n) is 11.1. The molecule has 1 fully saturated rings. The zero-order valence-corrected chi connectivity index (χ0v) is 19.0. The van der Waals surface area contributed by atoms with Crippen LogP contribution in [0.3, 0.4) is 0 Å². The van der Waals surface area contributed by atoms with E-state index in [1.807, 2.05) is 24.3 Å². The summed E-state index contributed by atoms with van der Waals surface area (Å²) in [6.07, 6.45) is 10.4. The average molecular weight is 450 g/mol. The largest absolute Gasteiger partial charge is 0.482 e. The van der Waals surface area contributed by atoms with Crippen LogP contribution < -0.4 is 9.46 Å². The number of nitrogens with one attached hydrogen (secondary N) is 1. The van der Waals surface area contributed by atoms with Crippen LogP contribution in [0.4, 0.5) is 5.69 Å². The molecule has 0 amide bonds. The van der Waals surface area contributed by atoms with Gasteiger partial charge in [-0.15, -0.1) is 0 Å². The van der Waals surface area contributed by atoms with Gasteiger partial charge in [0.2, 0.25) is 10.0 Å². The second-order valence-corrected chi connectivity index (χ2v) is 10.9. The molecule has 2 aromatic rings. The molecule has 2 aromatic carbocycles. The molecular weight excluding hydrogens is 422 g/mol. The van der Waals surface area contributed by atoms with Crippen molar-refractivity contribution in [3.05, 3.63) is 64.7 Å². The minimum absolute atomic E-state index is 0.288. The number of benzene rings is 2. The van der Waals surface area contributed by atoms with Gasteiger partial charge in [0.1, 0.15) is 11.4 Å². The fourth-order valence-electron chi connectivity index (χ4n) is 5.20. The summed E-state index contributed by atoms with van der Waals surface area (Å²) in [7, 11) is -3.30. The highest BCUT2D eigenvalue weighted by molar-refractivity contribution is 7.92. The van der Waals surface area contributed by atoms with E-state index in [1.165, 1.54) is 11.1 Å². The monoisotopic (exact) mass is 449 g/mol. The lowest BCUT2D eigenvalue weighted by Gasteiger charge is -2.45. The summed E-state index contributed by atoms with van der Waals surface area (Å²) in [5.41, 5.74) is 4.61. The lowest BCUT2D eigenvalue weighted by molar-refractivity contribution is 0.0205. The van der Waals surface area contributed by atoms with Gasteiger partial charge in [-0.25, -0.2) is 8.42 Å². The van der Waals surface area contributed by atoms with Gasteiger partial charge in [0, 0.05) is 43.2 Å². The molecule has 2 aliphatic heterocycles. The van der Waals surface area contributed by atoms with Crippen LogP contribution in [0.5, 0.6) is 5.75 Å². The molecule has 1 aliphatic carbocycles. The Bertz CT molecular complexity index is 1220. The minimum atomic E-state index is -3.30. The maximum Gasteiger partial charge on any atom is 0.229 e. The molecule has 0 aromatic heterocycles. The van der Waals surface area contributed by atoms with E-state index in [2.05, 4.69) is 33.9 Å². The van der Waals surface area contributed by atoms with E-state index in [0.29, 0.717) is 11.7 Å². The van der Waals surface area contributed by atoms with Gasteiger partial charge in [0.25, 0.3) is 0 Å². The van der Waals surface area contributed by atoms with Crippen molar-refractivity contribution >= 4 is 21.8 Å². The molecule has 166 valence electrons. The first-order chi connectivity index (χ1) is 15.3. The number of nitriles is 1. The average Bonchev–Trinajstić information content (AvgIpc) is 2.78. The Morgan fingerprint density at radius 1 is 1.16 bits per heavy atom. The quantitative estimate of drug-likeness (QED) is 0.772. The van der Waals surface area contributed by atoms with Gasteiger partial charge < -0.3 is 4.74 Å². The van der Waals surface area contributed by atoms with Crippen LogP contribution in [-0.2, 0) is 22.9 Å². The summed E-state index contributed by atoms with van der Waals surface area (Å²) in [5, 5.41) is 9.13. The molecule has 2 heterocycles. The standard InChI is InChI=1S/C25H27N3O3S/c1-32(29,30)27-22-5-7-24-21(15-22)8-9-25(31-24)10-12-28(13-11-25)23-6-4-19-14-18(17-26)2-3-20(19)16-23/h2-3,5,7-9,14-15,23,27H,4,6,10-13,16H2,1H3. The van der Waals surface area contributed by atoms with Gasteiger partial charge in [-0.3, -0.25) is 9.62 Å². The zero-order valence-electron chi connectivity index (χ0n) is 18.2. The van der Waals surface area contributed by atoms with Crippen LogP contribution >= 0.6 is 0 Å². The van der Waals surface area contributed by atoms with Gasteiger partial charge in [-0.1, -0.05) is 12.1 Å². The molecule has 5 rings (SSSR count). The van der Waals surface area contributed by atoms with Crippen LogP contribution in [0.25, 0.3) is 6.08 Å². The lowest BCUT2D eigenvalue weighted by atomic mass is 9.83. The molecule has 0 saturated carbocycles. The maximum absolute atomic E-state index is 11.5. The normalized spacial score (nSPS) is 21.8. The lowest BCUT2D eigenvalue weighted by Crippen LogP contribution is -2.51. The molecule has 1 N–H and O–H groups in total. The third-order valence-electron chi connectivity index (χ3n) is 6.89. The highest BCUT2D eigenvalue weighted by Gasteiger charge is 2.39. The van der Waals surface area contributed by atoms with Crippen molar-refractivity contribution in [3.63, 3.8) is 0 Å². The number of piperidine rings is 1. The highest BCUT2D eigenvalue weighted by atomic mass is 32.2. The third kappa shape index (κ3) is 4.25. The third-order valence-corrected chi connectivity index (χ3v) is 7.50. The molecule has 1 saturated heterocycles. The summed E-state index contributed by atoms with van der Waals surface area (Å²) in [4.78, 5) is 2.60. The smallest absolute Gasteiger partial charge is 0.229 e. The molecule has 3 aliphatic rings. The number of hydrogen-bond donors (Lipinski definition) is 1. The molecule has 1 spiro atoms. The van der Waals surface area contributed by atoms with Crippen LogP contribution in [0.1, 0.15) is 41.5 Å². The molecular formula is C25H27N3O3S. The number of fused-ring (bicyclic) bond motifs is 2. The van der Waals surface area contributed by atoms with E-state index in [1.54, 1.807) is 6.07 Å². The molecule has 0 radical (unpaired) electrons. The van der Waals surface area contributed by atoms with Crippen LogP contribution in [0.2, 0.25) is 0 Å². The minimum Gasteiger partial charge on any atom is -0.482 e. The molecule has 6 nitrogen and oxygen atoms in total. The summed E-state index contributed by atoms with van der Waals surface area (Å²) in [5.74, 6) is 0.805. The number of nitrogens with zero attached hydrogens (tertiary/aromatic N) is 2. The molecule has 7 heteroatoms. The second kappa shape index (κ2) is 7.95. The van der Waals surface area contributed by atoms with Crippen molar-refractivity contribution in [2.24, 2.45) is 0 Å². The van der Waals surface area contributed by atoms with Gasteiger partial charge in [0.05, 0.1) is 17.9 Å². The molecule has 0 bridgehead atoms. The van der Waals surface area contributed by atoms with Gasteiger partial charge in [-0.05, 0) is 66.8 Å². The molecule has 1 atom stereocenters. The van der Waals surface area contributed by atoms with E-state index in [-0.39, 0.29) is 5.60 Å². The van der Waals surface area contributed by atoms with Crippen molar-refractivity contribution in [2.75, 3.05) is 24.1 Å². The maximum atomic E-state index is 11.5. The topological polar surface area (TPSA) is 82.4 Å². The number of anilines is 1. The summed E-state index contributed by atoms with van der Waals surface area (Å²) >= 11 is 0. The number of hydrogen-bond acceptors (Lipinski definition) is 5. The van der Waals surface area contributed by atoms with Crippen LogP contribution in [0.15, 0.2) is 42.5 Å². The van der Waals surface area contributed by atoms with E-state index in [0.717, 1.165) is 68.3 Å². The summed E-state index contributed by atoms with van der Waals surface area (Å²) < 4.78 is 31.9. The first-order valence-corrected chi connectivity index (χ1v) is 13.0. The molecule has 1 unspecified atom stereocenters. The van der Waals surface area contributed by atoms with Crippen molar-refractivity contribution in [1.82, 2.24) is 4.90 Å². The van der Waals surface area contributed by atoms with Gasteiger partial charge in [0.15, 0.2) is 0 Å². The van der Waals surface area contributed by atoms with Crippen molar-refractivity contribution in [3.8, 4) is 11.8 Å². The SMILES string of the molecule is CS(=O)(=O)Nc1ccc2c(c1)C=CC1(CCN(C3CCc4cc(C#N)ccc4C3)CC1)O2. The van der Waals surface area contributed by atoms with Crippen LogP contribution in [0, 0.1) is 11.3 Å². The Morgan fingerprint density at radius 2 is 1.97 bits per heavy atom. The summed E-state index contributed by atoms with van der Waals surface area (Å²) in [6, 6.07) is 14.3. The Hall–Kier alpha value is -2.82. The van der Waals surface area contributed by atoms with Crippen LogP contribution in [-0.4, -0.2) is 44.3 Å². The predicted octanol–water partition coefficient (Wildman–Crippen LogP) is 3.73.